The Morgan fingerprint density at radius 3 is 2.52 bits per heavy atom. The van der Waals surface area contributed by atoms with Crippen molar-refractivity contribution in [3.05, 3.63) is 24.0 Å². The average molecular weight is 429 g/mol. The van der Waals surface area contributed by atoms with Crippen LogP contribution in [-0.2, 0) is 23.8 Å². The fraction of sp³-hybridized carbons (Fsp3) is 0.611. The van der Waals surface area contributed by atoms with E-state index in [1.54, 1.807) is 12.1 Å². The molecule has 1 aromatic carbocycles. The van der Waals surface area contributed by atoms with Crippen molar-refractivity contribution < 1.29 is 31.3 Å². The molecule has 3 fully saturated rings. The highest BCUT2D eigenvalue weighted by Crippen LogP contribution is 2.29. The average Bonchev–Trinajstić information content (AvgIpc) is 3.00. The van der Waals surface area contributed by atoms with Crippen molar-refractivity contribution in [1.82, 2.24) is 4.90 Å². The Kier molecular flexibility index (Phi) is 5.65. The predicted octanol–water partition coefficient (Wildman–Crippen LogP) is 0.648. The first-order valence-electron chi connectivity index (χ1n) is 9.49. The van der Waals surface area contributed by atoms with Gasteiger partial charge in [0, 0.05) is 26.2 Å². The zero-order chi connectivity index (χ0) is 20.6. The van der Waals surface area contributed by atoms with Gasteiger partial charge in [0.15, 0.2) is 0 Å². The van der Waals surface area contributed by atoms with Gasteiger partial charge < -0.3 is 14.4 Å². The topological polar surface area (TPSA) is 88.6 Å². The van der Waals surface area contributed by atoms with Gasteiger partial charge in [-0.25, -0.2) is 9.18 Å². The Balaban J connectivity index is 1.38. The van der Waals surface area contributed by atoms with Gasteiger partial charge in [0.2, 0.25) is 0 Å². The maximum atomic E-state index is 14.8. The number of benzene rings is 1. The van der Waals surface area contributed by atoms with Gasteiger partial charge in [-0.2, -0.15) is 8.42 Å². The summed E-state index contributed by atoms with van der Waals surface area (Å²) < 4.78 is 52.0. The van der Waals surface area contributed by atoms with Crippen molar-refractivity contribution in [1.29, 1.82) is 0 Å². The number of nitrogens with zero attached hydrogens (tertiary/aromatic N) is 3. The Bertz CT molecular complexity index is 870. The molecule has 0 bridgehead atoms. The minimum absolute atomic E-state index is 0.0925. The monoisotopic (exact) mass is 429 g/mol. The van der Waals surface area contributed by atoms with Crippen LogP contribution in [0.5, 0.6) is 0 Å². The molecule has 3 aliphatic rings. The van der Waals surface area contributed by atoms with E-state index in [1.807, 2.05) is 4.90 Å². The minimum Gasteiger partial charge on any atom is -0.441 e. The van der Waals surface area contributed by atoms with Gasteiger partial charge in [-0.3, -0.25) is 14.0 Å². The van der Waals surface area contributed by atoms with Gasteiger partial charge in [0.1, 0.15) is 18.5 Å². The van der Waals surface area contributed by atoms with Gasteiger partial charge >= 0.3 is 6.09 Å². The van der Waals surface area contributed by atoms with E-state index in [4.69, 9.17) is 9.47 Å². The van der Waals surface area contributed by atoms with Crippen LogP contribution >= 0.6 is 0 Å². The van der Waals surface area contributed by atoms with E-state index in [-0.39, 0.29) is 13.2 Å². The molecule has 9 nitrogen and oxygen atoms in total. The minimum atomic E-state index is -3.63. The molecule has 29 heavy (non-hydrogen) atoms. The Morgan fingerprint density at radius 2 is 1.93 bits per heavy atom. The van der Waals surface area contributed by atoms with Crippen molar-refractivity contribution >= 4 is 27.6 Å². The number of anilines is 2. The predicted molar refractivity (Wildman–Crippen MR) is 103 cm³/mol. The summed E-state index contributed by atoms with van der Waals surface area (Å²) in [7, 11) is -3.63. The number of piperazine rings is 1. The first-order chi connectivity index (χ1) is 13.8. The lowest BCUT2D eigenvalue weighted by Gasteiger charge is -2.43. The summed E-state index contributed by atoms with van der Waals surface area (Å²) in [6, 6.07) is 5.12. The lowest BCUT2D eigenvalue weighted by atomic mass is 10.1. The number of hydrogen-bond acceptors (Lipinski definition) is 8. The Morgan fingerprint density at radius 1 is 1.21 bits per heavy atom. The lowest BCUT2D eigenvalue weighted by molar-refractivity contribution is -0.0660. The fourth-order valence-corrected chi connectivity index (χ4v) is 4.10. The third kappa shape index (κ3) is 4.63. The van der Waals surface area contributed by atoms with E-state index >= 15 is 0 Å². The first kappa shape index (κ1) is 20.3. The molecule has 0 aromatic heterocycles. The zero-order valence-corrected chi connectivity index (χ0v) is 16.9. The number of hydrogen-bond donors (Lipinski definition) is 0. The molecule has 1 atom stereocenters. The molecule has 3 saturated heterocycles. The fourth-order valence-electron chi connectivity index (χ4n) is 3.70. The smallest absolute Gasteiger partial charge is 0.414 e. The van der Waals surface area contributed by atoms with Crippen molar-refractivity contribution in [2.45, 2.75) is 12.1 Å². The molecule has 3 aliphatic heterocycles. The molecule has 0 saturated carbocycles. The zero-order valence-electron chi connectivity index (χ0n) is 16.1. The third-order valence-corrected chi connectivity index (χ3v) is 5.94. The molecule has 1 amide bonds. The van der Waals surface area contributed by atoms with Crippen LogP contribution in [0.2, 0.25) is 0 Å². The van der Waals surface area contributed by atoms with Crippen LogP contribution in [0.4, 0.5) is 20.6 Å². The van der Waals surface area contributed by atoms with Crippen molar-refractivity contribution in [2.75, 3.05) is 68.6 Å². The second-order valence-corrected chi connectivity index (χ2v) is 9.10. The van der Waals surface area contributed by atoms with Crippen molar-refractivity contribution in [2.24, 2.45) is 0 Å². The van der Waals surface area contributed by atoms with E-state index in [1.165, 1.54) is 11.0 Å². The van der Waals surface area contributed by atoms with Gasteiger partial charge in [-0.1, -0.05) is 0 Å². The number of ether oxygens (including phenoxy) is 2. The largest absolute Gasteiger partial charge is 0.441 e. The normalized spacial score (nSPS) is 23.9. The molecular formula is C18H24FN3O6S. The van der Waals surface area contributed by atoms with Crippen LogP contribution in [-0.4, -0.2) is 90.4 Å². The summed E-state index contributed by atoms with van der Waals surface area (Å²) in [4.78, 5) is 17.7. The molecule has 11 heteroatoms. The van der Waals surface area contributed by atoms with Crippen LogP contribution in [0.15, 0.2) is 18.2 Å². The summed E-state index contributed by atoms with van der Waals surface area (Å²) in [6.45, 7) is 4.53. The highest BCUT2D eigenvalue weighted by atomic mass is 32.2. The molecule has 1 aromatic rings. The second kappa shape index (κ2) is 8.05. The Hall–Kier alpha value is -1.95. The van der Waals surface area contributed by atoms with Crippen LogP contribution in [0.1, 0.15) is 0 Å². The highest BCUT2D eigenvalue weighted by Gasteiger charge is 2.34. The molecule has 0 N–H and O–H groups in total. The van der Waals surface area contributed by atoms with Gasteiger partial charge in [0.25, 0.3) is 10.1 Å². The summed E-state index contributed by atoms with van der Waals surface area (Å²) in [5.74, 6) is -0.411. The number of cyclic esters (lactones) is 1. The molecule has 0 aliphatic carbocycles. The standard InChI is InChI=1S/C18H24FN3O6S/c1-29(24,25)27-12-15-9-22(18(23)28-15)13-2-3-17(16(19)8-13)21-6-4-20(5-7-21)14-10-26-11-14/h2-3,8,14-15H,4-7,9-12H2,1H3. The maximum absolute atomic E-state index is 14.8. The third-order valence-electron chi connectivity index (χ3n) is 5.38. The summed E-state index contributed by atoms with van der Waals surface area (Å²) in [6.07, 6.45) is -0.464. The number of rotatable bonds is 6. The quantitative estimate of drug-likeness (QED) is 0.609. The van der Waals surface area contributed by atoms with Crippen LogP contribution in [0.3, 0.4) is 0 Å². The van der Waals surface area contributed by atoms with E-state index in [2.05, 4.69) is 9.08 Å². The van der Waals surface area contributed by atoms with E-state index < -0.39 is 28.1 Å². The van der Waals surface area contributed by atoms with Gasteiger partial charge in [-0.05, 0) is 18.2 Å². The van der Waals surface area contributed by atoms with E-state index in [0.29, 0.717) is 17.4 Å². The lowest BCUT2D eigenvalue weighted by Crippen LogP contribution is -2.56. The van der Waals surface area contributed by atoms with Gasteiger partial charge in [0.05, 0.1) is 43.4 Å². The van der Waals surface area contributed by atoms with Crippen molar-refractivity contribution in [3.63, 3.8) is 0 Å². The molecule has 0 spiro atoms. The number of carbonyl (C=O) groups is 1. The summed E-state index contributed by atoms with van der Waals surface area (Å²) >= 11 is 0. The van der Waals surface area contributed by atoms with Crippen LogP contribution in [0, 0.1) is 5.82 Å². The van der Waals surface area contributed by atoms with Gasteiger partial charge in [-0.15, -0.1) is 0 Å². The van der Waals surface area contributed by atoms with E-state index in [9.17, 15) is 17.6 Å². The highest BCUT2D eigenvalue weighted by molar-refractivity contribution is 7.85. The first-order valence-corrected chi connectivity index (χ1v) is 11.3. The summed E-state index contributed by atoms with van der Waals surface area (Å²) in [5.41, 5.74) is 0.867. The van der Waals surface area contributed by atoms with Crippen LogP contribution < -0.4 is 9.80 Å². The SMILES string of the molecule is CS(=O)(=O)OCC1CN(c2ccc(N3CCN(C4COC4)CC3)c(F)c2)C(=O)O1. The summed E-state index contributed by atoms with van der Waals surface area (Å²) in [5, 5.41) is 0. The molecule has 3 heterocycles. The molecule has 1 unspecified atom stereocenters. The molecule has 0 radical (unpaired) electrons. The second-order valence-electron chi connectivity index (χ2n) is 7.46. The molecule has 160 valence electrons. The number of halogens is 1. The van der Waals surface area contributed by atoms with E-state index in [0.717, 1.165) is 45.6 Å². The van der Waals surface area contributed by atoms with Crippen molar-refractivity contribution in [3.8, 4) is 0 Å². The Labute approximate surface area is 169 Å². The maximum Gasteiger partial charge on any atom is 0.414 e. The van der Waals surface area contributed by atoms with Crippen LogP contribution in [0.25, 0.3) is 0 Å². The molecular weight excluding hydrogens is 405 g/mol. The number of amides is 1. The molecule has 4 rings (SSSR count). The number of carbonyl (C=O) groups excluding carboxylic acids is 1.